The molecule has 3 rings (SSSR count). The highest BCUT2D eigenvalue weighted by molar-refractivity contribution is 6.08. The van der Waals surface area contributed by atoms with E-state index in [2.05, 4.69) is 29.3 Å². The molecule has 1 atom stereocenters. The SMILES string of the molecule is CCC1(C)NC(=O)N(CC(=O)N2CCN(c3ccccc3C)CC2)C1=O. The molecule has 1 N–H and O–H groups in total. The average Bonchev–Trinajstić information content (AvgIpc) is 2.86. The molecule has 140 valence electrons. The molecule has 2 fully saturated rings. The first kappa shape index (κ1) is 18.2. The number of nitrogens with zero attached hydrogens (tertiary/aromatic N) is 3. The maximum Gasteiger partial charge on any atom is 0.325 e. The third-order valence-electron chi connectivity index (χ3n) is 5.43. The number of benzene rings is 1. The van der Waals surface area contributed by atoms with E-state index < -0.39 is 11.6 Å². The molecule has 0 aromatic heterocycles. The van der Waals surface area contributed by atoms with Gasteiger partial charge in [-0.15, -0.1) is 0 Å². The van der Waals surface area contributed by atoms with Gasteiger partial charge in [0.1, 0.15) is 12.1 Å². The molecule has 0 aliphatic carbocycles. The Morgan fingerprint density at radius 2 is 1.81 bits per heavy atom. The second kappa shape index (κ2) is 6.97. The fourth-order valence-corrected chi connectivity index (χ4v) is 3.48. The first-order valence-electron chi connectivity index (χ1n) is 9.08. The van der Waals surface area contributed by atoms with Crippen LogP contribution in [-0.2, 0) is 9.59 Å². The second-order valence-corrected chi connectivity index (χ2v) is 7.16. The standard InChI is InChI=1S/C19H26N4O3/c1-4-19(3)17(25)23(18(26)20-19)13-16(24)22-11-9-21(10-12-22)15-8-6-5-7-14(15)2/h5-8H,4,9-13H2,1-3H3,(H,20,26). The summed E-state index contributed by atoms with van der Waals surface area (Å²) < 4.78 is 0. The predicted octanol–water partition coefficient (Wildman–Crippen LogP) is 1.36. The maximum absolute atomic E-state index is 12.6. The molecule has 2 heterocycles. The Labute approximate surface area is 153 Å². The lowest BCUT2D eigenvalue weighted by Crippen LogP contribution is -2.52. The molecule has 4 amide bonds. The number of hydrogen-bond acceptors (Lipinski definition) is 4. The zero-order chi connectivity index (χ0) is 18.9. The molecule has 0 saturated carbocycles. The van der Waals surface area contributed by atoms with Gasteiger partial charge < -0.3 is 15.1 Å². The number of piperazine rings is 1. The van der Waals surface area contributed by atoms with Gasteiger partial charge in [-0.2, -0.15) is 0 Å². The molecule has 0 radical (unpaired) electrons. The van der Waals surface area contributed by atoms with Crippen LogP contribution in [-0.4, -0.2) is 65.9 Å². The van der Waals surface area contributed by atoms with Crippen molar-refractivity contribution in [2.45, 2.75) is 32.7 Å². The number of imide groups is 1. The second-order valence-electron chi connectivity index (χ2n) is 7.16. The summed E-state index contributed by atoms with van der Waals surface area (Å²) in [6.45, 7) is 8.07. The van der Waals surface area contributed by atoms with E-state index in [1.54, 1.807) is 11.8 Å². The Morgan fingerprint density at radius 1 is 1.15 bits per heavy atom. The number of carbonyl (C=O) groups excluding carboxylic acids is 3. The van der Waals surface area contributed by atoms with E-state index in [0.29, 0.717) is 19.5 Å². The van der Waals surface area contributed by atoms with Crippen LogP contribution in [0.4, 0.5) is 10.5 Å². The number of amides is 4. The fourth-order valence-electron chi connectivity index (χ4n) is 3.48. The lowest BCUT2D eigenvalue weighted by Gasteiger charge is -2.37. The monoisotopic (exact) mass is 358 g/mol. The average molecular weight is 358 g/mol. The molecular weight excluding hydrogens is 332 g/mol. The first-order valence-corrected chi connectivity index (χ1v) is 9.08. The number of nitrogens with one attached hydrogen (secondary N) is 1. The summed E-state index contributed by atoms with van der Waals surface area (Å²) in [6, 6.07) is 7.72. The van der Waals surface area contributed by atoms with Crippen LogP contribution < -0.4 is 10.2 Å². The van der Waals surface area contributed by atoms with Crippen molar-refractivity contribution >= 4 is 23.5 Å². The number of hydrogen-bond donors (Lipinski definition) is 1. The third-order valence-corrected chi connectivity index (χ3v) is 5.43. The lowest BCUT2D eigenvalue weighted by molar-refractivity contribution is -0.139. The summed E-state index contributed by atoms with van der Waals surface area (Å²) in [7, 11) is 0. The van der Waals surface area contributed by atoms with Gasteiger partial charge in [0, 0.05) is 31.9 Å². The highest BCUT2D eigenvalue weighted by atomic mass is 16.2. The van der Waals surface area contributed by atoms with Gasteiger partial charge >= 0.3 is 6.03 Å². The third kappa shape index (κ3) is 3.25. The maximum atomic E-state index is 12.6. The molecule has 26 heavy (non-hydrogen) atoms. The summed E-state index contributed by atoms with van der Waals surface area (Å²) in [5.41, 5.74) is 1.50. The van der Waals surface area contributed by atoms with E-state index in [1.807, 2.05) is 19.1 Å². The van der Waals surface area contributed by atoms with Crippen molar-refractivity contribution in [3.05, 3.63) is 29.8 Å². The Balaban J connectivity index is 1.59. The molecule has 1 aromatic rings. The summed E-state index contributed by atoms with van der Waals surface area (Å²) in [5.74, 6) is -0.504. The van der Waals surface area contributed by atoms with E-state index in [4.69, 9.17) is 0 Å². The Hall–Kier alpha value is -2.57. The van der Waals surface area contributed by atoms with E-state index in [1.165, 1.54) is 11.3 Å². The zero-order valence-electron chi connectivity index (χ0n) is 15.6. The van der Waals surface area contributed by atoms with Gasteiger partial charge in [0.05, 0.1) is 0 Å². The van der Waals surface area contributed by atoms with Crippen LogP contribution in [0, 0.1) is 6.92 Å². The van der Waals surface area contributed by atoms with Gasteiger partial charge in [0.15, 0.2) is 0 Å². The Morgan fingerprint density at radius 3 is 2.38 bits per heavy atom. The van der Waals surface area contributed by atoms with Crippen molar-refractivity contribution in [3.8, 4) is 0 Å². The minimum atomic E-state index is -0.902. The van der Waals surface area contributed by atoms with Gasteiger partial charge in [-0.3, -0.25) is 14.5 Å². The van der Waals surface area contributed by atoms with Gasteiger partial charge in [0.2, 0.25) is 5.91 Å². The number of para-hydroxylation sites is 1. The van der Waals surface area contributed by atoms with Crippen LogP contribution in [0.5, 0.6) is 0 Å². The molecule has 2 aliphatic heterocycles. The van der Waals surface area contributed by atoms with Gasteiger partial charge in [0.25, 0.3) is 5.91 Å². The number of anilines is 1. The largest absolute Gasteiger partial charge is 0.368 e. The van der Waals surface area contributed by atoms with Crippen molar-refractivity contribution in [2.75, 3.05) is 37.6 Å². The molecule has 7 nitrogen and oxygen atoms in total. The van der Waals surface area contributed by atoms with E-state index in [0.717, 1.165) is 18.0 Å². The van der Waals surface area contributed by atoms with Crippen molar-refractivity contribution < 1.29 is 14.4 Å². The Bertz CT molecular complexity index is 727. The van der Waals surface area contributed by atoms with Gasteiger partial charge in [-0.05, 0) is 31.9 Å². The smallest absolute Gasteiger partial charge is 0.325 e. The normalized spacial score (nSPS) is 23.4. The molecular formula is C19H26N4O3. The van der Waals surface area contributed by atoms with Gasteiger partial charge in [-0.1, -0.05) is 25.1 Å². The number of carbonyl (C=O) groups is 3. The molecule has 0 spiro atoms. The fraction of sp³-hybridized carbons (Fsp3) is 0.526. The van der Waals surface area contributed by atoms with Crippen LogP contribution in [0.3, 0.4) is 0 Å². The highest BCUT2D eigenvalue weighted by Crippen LogP contribution is 2.22. The zero-order valence-corrected chi connectivity index (χ0v) is 15.6. The summed E-state index contributed by atoms with van der Waals surface area (Å²) in [6.07, 6.45) is 0.497. The molecule has 7 heteroatoms. The molecule has 0 bridgehead atoms. The molecule has 2 saturated heterocycles. The summed E-state index contributed by atoms with van der Waals surface area (Å²) in [5, 5.41) is 2.68. The molecule has 2 aliphatic rings. The molecule has 1 aromatic carbocycles. The van der Waals surface area contributed by atoms with Crippen LogP contribution in [0.2, 0.25) is 0 Å². The quantitative estimate of drug-likeness (QED) is 0.825. The van der Waals surface area contributed by atoms with Crippen LogP contribution in [0.15, 0.2) is 24.3 Å². The summed E-state index contributed by atoms with van der Waals surface area (Å²) in [4.78, 5) is 42.1. The number of rotatable bonds is 4. The van der Waals surface area contributed by atoms with E-state index in [-0.39, 0.29) is 18.4 Å². The van der Waals surface area contributed by atoms with Crippen molar-refractivity contribution in [2.24, 2.45) is 0 Å². The minimum Gasteiger partial charge on any atom is -0.368 e. The van der Waals surface area contributed by atoms with Crippen molar-refractivity contribution in [1.29, 1.82) is 0 Å². The topological polar surface area (TPSA) is 73.0 Å². The van der Waals surface area contributed by atoms with E-state index >= 15 is 0 Å². The Kier molecular flexibility index (Phi) is 4.89. The lowest BCUT2D eigenvalue weighted by atomic mass is 9.99. The summed E-state index contributed by atoms with van der Waals surface area (Å²) >= 11 is 0. The van der Waals surface area contributed by atoms with E-state index in [9.17, 15) is 14.4 Å². The predicted molar refractivity (Wildman–Crippen MR) is 98.9 cm³/mol. The molecule has 1 unspecified atom stereocenters. The first-order chi connectivity index (χ1) is 12.4. The minimum absolute atomic E-state index is 0.182. The van der Waals surface area contributed by atoms with Crippen LogP contribution in [0.25, 0.3) is 0 Å². The number of urea groups is 1. The van der Waals surface area contributed by atoms with Gasteiger partial charge in [-0.25, -0.2) is 4.79 Å². The van der Waals surface area contributed by atoms with Crippen molar-refractivity contribution in [1.82, 2.24) is 15.1 Å². The number of aryl methyl sites for hydroxylation is 1. The highest BCUT2D eigenvalue weighted by Gasteiger charge is 2.47. The van der Waals surface area contributed by atoms with Crippen LogP contribution in [0.1, 0.15) is 25.8 Å². The van der Waals surface area contributed by atoms with Crippen molar-refractivity contribution in [3.63, 3.8) is 0 Å². The van der Waals surface area contributed by atoms with Crippen LogP contribution >= 0.6 is 0 Å².